The van der Waals surface area contributed by atoms with E-state index in [9.17, 15) is 29.1 Å². The molecule has 3 amide bonds. The van der Waals surface area contributed by atoms with Crippen molar-refractivity contribution < 1.29 is 34.2 Å². The topological polar surface area (TPSA) is 188 Å². The van der Waals surface area contributed by atoms with Gasteiger partial charge in [0.1, 0.15) is 18.1 Å². The van der Waals surface area contributed by atoms with Crippen molar-refractivity contribution in [2.45, 2.75) is 57.3 Å². The molecule has 0 saturated heterocycles. The average Bonchev–Trinajstić information content (AvgIpc) is 2.79. The van der Waals surface area contributed by atoms with Gasteiger partial charge < -0.3 is 31.9 Å². The van der Waals surface area contributed by atoms with Crippen LogP contribution in [-0.2, 0) is 30.4 Å². The van der Waals surface area contributed by atoms with Crippen LogP contribution in [0.5, 0.6) is 0 Å². The molecular weight excluding hydrogens is 464 g/mol. The van der Waals surface area contributed by atoms with Crippen LogP contribution in [0.15, 0.2) is 30.3 Å². The number of benzene rings is 1. The lowest BCUT2D eigenvalue weighted by Crippen LogP contribution is -2.59. The first-order valence-electron chi connectivity index (χ1n) is 10.8. The van der Waals surface area contributed by atoms with E-state index in [4.69, 9.17) is 10.8 Å². The van der Waals surface area contributed by atoms with Crippen LogP contribution in [0.1, 0.15) is 32.3 Å². The van der Waals surface area contributed by atoms with Gasteiger partial charge in [0.25, 0.3) is 0 Å². The van der Waals surface area contributed by atoms with Crippen LogP contribution >= 0.6 is 12.6 Å². The maximum atomic E-state index is 13.1. The molecular formula is C22H32N4O7S. The lowest BCUT2D eigenvalue weighted by Gasteiger charge is -2.28. The van der Waals surface area contributed by atoms with E-state index < -0.39 is 60.2 Å². The molecule has 34 heavy (non-hydrogen) atoms. The van der Waals surface area contributed by atoms with Crippen LogP contribution < -0.4 is 21.7 Å². The molecule has 0 fully saturated rings. The highest BCUT2D eigenvalue weighted by Gasteiger charge is 2.32. The first-order valence-corrected chi connectivity index (χ1v) is 11.4. The van der Waals surface area contributed by atoms with Gasteiger partial charge in [-0.05, 0) is 11.5 Å². The van der Waals surface area contributed by atoms with Crippen LogP contribution in [-0.4, -0.2) is 69.8 Å². The number of hydrogen-bond acceptors (Lipinski definition) is 7. The van der Waals surface area contributed by atoms with E-state index in [1.54, 1.807) is 44.2 Å². The molecule has 5 unspecified atom stereocenters. The Hall–Kier alpha value is -3.12. The summed E-state index contributed by atoms with van der Waals surface area (Å²) in [5.41, 5.74) is 6.32. The van der Waals surface area contributed by atoms with E-state index in [0.717, 1.165) is 0 Å². The van der Waals surface area contributed by atoms with Crippen molar-refractivity contribution in [2.24, 2.45) is 11.7 Å². The van der Waals surface area contributed by atoms with Gasteiger partial charge in [0.2, 0.25) is 17.7 Å². The molecule has 0 aliphatic carbocycles. The van der Waals surface area contributed by atoms with Gasteiger partial charge in [-0.3, -0.25) is 19.2 Å². The summed E-state index contributed by atoms with van der Waals surface area (Å²) in [7, 11) is 0. The van der Waals surface area contributed by atoms with Crippen molar-refractivity contribution in [2.75, 3.05) is 5.75 Å². The van der Waals surface area contributed by atoms with E-state index in [2.05, 4.69) is 28.6 Å². The Bertz CT molecular complexity index is 868. The summed E-state index contributed by atoms with van der Waals surface area (Å²) in [6.07, 6.45) is -0.0557. The molecule has 7 N–H and O–H groups in total. The van der Waals surface area contributed by atoms with Gasteiger partial charge in [-0.15, -0.1) is 0 Å². The zero-order chi connectivity index (χ0) is 25.8. The predicted molar refractivity (Wildman–Crippen MR) is 127 cm³/mol. The van der Waals surface area contributed by atoms with E-state index in [-0.39, 0.29) is 18.1 Å². The van der Waals surface area contributed by atoms with Crippen molar-refractivity contribution in [3.8, 4) is 0 Å². The minimum absolute atomic E-state index is 0.0665. The quantitative estimate of drug-likeness (QED) is 0.169. The molecule has 0 radical (unpaired) electrons. The molecule has 1 aromatic carbocycles. The Balaban J connectivity index is 3.10. The van der Waals surface area contributed by atoms with Crippen LogP contribution in [0.4, 0.5) is 0 Å². The van der Waals surface area contributed by atoms with E-state index in [1.807, 2.05) is 0 Å². The number of hydrogen-bond donors (Lipinski definition) is 7. The number of carbonyl (C=O) groups excluding carboxylic acids is 3. The molecule has 0 bridgehead atoms. The molecule has 0 spiro atoms. The van der Waals surface area contributed by atoms with Gasteiger partial charge in [0.15, 0.2) is 0 Å². The van der Waals surface area contributed by atoms with Crippen molar-refractivity contribution in [1.82, 2.24) is 16.0 Å². The van der Waals surface area contributed by atoms with Gasteiger partial charge in [-0.2, -0.15) is 12.6 Å². The molecule has 0 saturated carbocycles. The normalized spacial score (nSPS) is 15.2. The van der Waals surface area contributed by atoms with Crippen molar-refractivity contribution in [3.63, 3.8) is 0 Å². The second kappa shape index (κ2) is 14.2. The summed E-state index contributed by atoms with van der Waals surface area (Å²) >= 11 is 3.94. The lowest BCUT2D eigenvalue weighted by molar-refractivity contribution is -0.141. The fraction of sp³-hybridized carbons (Fsp3) is 0.500. The fourth-order valence-corrected chi connectivity index (χ4v) is 3.27. The molecule has 0 aromatic heterocycles. The van der Waals surface area contributed by atoms with Gasteiger partial charge in [0.05, 0.1) is 12.5 Å². The SMILES string of the molecule is CCC(C)C(NC(=O)C(N)CC(=O)O)C(=O)NC(Cc1ccccc1)C(=O)NC(CS)C(=O)O. The average molecular weight is 497 g/mol. The summed E-state index contributed by atoms with van der Waals surface area (Å²) in [6.45, 7) is 3.51. The maximum absolute atomic E-state index is 13.1. The number of carboxylic acids is 2. The minimum Gasteiger partial charge on any atom is -0.481 e. The number of nitrogens with two attached hydrogens (primary N) is 1. The molecule has 12 heteroatoms. The van der Waals surface area contributed by atoms with E-state index in [0.29, 0.717) is 12.0 Å². The monoisotopic (exact) mass is 496 g/mol. The molecule has 1 aromatic rings. The predicted octanol–water partition coefficient (Wildman–Crippen LogP) is -0.454. The zero-order valence-electron chi connectivity index (χ0n) is 19.1. The summed E-state index contributed by atoms with van der Waals surface area (Å²) in [4.78, 5) is 60.5. The number of carboxylic acid groups (broad SMARTS) is 2. The second-order valence-electron chi connectivity index (χ2n) is 7.91. The molecule has 1 rings (SSSR count). The molecule has 11 nitrogen and oxygen atoms in total. The number of nitrogens with one attached hydrogen (secondary N) is 3. The van der Waals surface area contributed by atoms with Crippen LogP contribution in [0.2, 0.25) is 0 Å². The Morgan fingerprint density at radius 1 is 0.941 bits per heavy atom. The highest BCUT2D eigenvalue weighted by Crippen LogP contribution is 2.11. The summed E-state index contributed by atoms with van der Waals surface area (Å²) in [6, 6.07) is 3.94. The van der Waals surface area contributed by atoms with E-state index >= 15 is 0 Å². The third kappa shape index (κ3) is 9.40. The third-order valence-electron chi connectivity index (χ3n) is 5.24. The van der Waals surface area contributed by atoms with Crippen LogP contribution in [0.3, 0.4) is 0 Å². The highest BCUT2D eigenvalue weighted by molar-refractivity contribution is 7.80. The highest BCUT2D eigenvalue weighted by atomic mass is 32.1. The lowest BCUT2D eigenvalue weighted by atomic mass is 9.96. The first-order chi connectivity index (χ1) is 16.0. The molecule has 0 aliphatic heterocycles. The van der Waals surface area contributed by atoms with E-state index in [1.165, 1.54) is 0 Å². The van der Waals surface area contributed by atoms with Gasteiger partial charge in [0, 0.05) is 12.2 Å². The summed E-state index contributed by atoms with van der Waals surface area (Å²) in [5.74, 6) is -5.28. The smallest absolute Gasteiger partial charge is 0.327 e. The van der Waals surface area contributed by atoms with Gasteiger partial charge in [-0.25, -0.2) is 4.79 Å². The van der Waals surface area contributed by atoms with Crippen molar-refractivity contribution >= 4 is 42.3 Å². The largest absolute Gasteiger partial charge is 0.481 e. The standard InChI is InChI=1S/C22H32N4O7S/c1-3-12(2)18(26-19(29)14(23)10-17(27)28)21(31)24-15(9-13-7-5-4-6-8-13)20(30)25-16(11-34)22(32)33/h4-8,12,14-16,18,34H,3,9-11,23H2,1-2H3,(H,24,31)(H,25,30)(H,26,29)(H,27,28)(H,32,33). The van der Waals surface area contributed by atoms with Crippen LogP contribution in [0.25, 0.3) is 0 Å². The van der Waals surface area contributed by atoms with Crippen LogP contribution in [0, 0.1) is 5.92 Å². The Morgan fingerprint density at radius 2 is 1.53 bits per heavy atom. The summed E-state index contributed by atoms with van der Waals surface area (Å²) < 4.78 is 0. The molecule has 5 atom stereocenters. The minimum atomic E-state index is -1.35. The Kier molecular flexibility index (Phi) is 12.1. The van der Waals surface area contributed by atoms with Gasteiger partial charge in [-0.1, -0.05) is 50.6 Å². The molecule has 188 valence electrons. The third-order valence-corrected chi connectivity index (χ3v) is 5.60. The number of amides is 3. The van der Waals surface area contributed by atoms with Crippen molar-refractivity contribution in [3.05, 3.63) is 35.9 Å². The van der Waals surface area contributed by atoms with Crippen molar-refractivity contribution in [1.29, 1.82) is 0 Å². The first kappa shape index (κ1) is 28.9. The zero-order valence-corrected chi connectivity index (χ0v) is 20.0. The summed E-state index contributed by atoms with van der Waals surface area (Å²) in [5, 5.41) is 25.5. The number of carbonyl (C=O) groups is 5. The maximum Gasteiger partial charge on any atom is 0.327 e. The number of thiol groups is 1. The fourth-order valence-electron chi connectivity index (χ4n) is 3.02. The molecule has 0 heterocycles. The Labute approximate surface area is 203 Å². The number of rotatable bonds is 14. The number of aliphatic carboxylic acids is 2. The Morgan fingerprint density at radius 3 is 2.03 bits per heavy atom. The van der Waals surface area contributed by atoms with Gasteiger partial charge >= 0.3 is 11.9 Å². The second-order valence-corrected chi connectivity index (χ2v) is 8.27. The molecule has 0 aliphatic rings.